The number of allylic oxidation sites excluding steroid dienone is 1. The van der Waals surface area contributed by atoms with Crippen LogP contribution in [0.25, 0.3) is 0 Å². The topological polar surface area (TPSA) is 49.4 Å². The monoisotopic (exact) mass is 274 g/mol. The summed E-state index contributed by atoms with van der Waals surface area (Å²) in [7, 11) is 1.62. The average Bonchev–Trinajstić information content (AvgIpc) is 2.33. The quantitative estimate of drug-likeness (QED) is 0.858. The molecular formula is C16H22N2O2. The third-order valence-corrected chi connectivity index (χ3v) is 2.91. The van der Waals surface area contributed by atoms with Crippen LogP contribution in [0.3, 0.4) is 0 Å². The van der Waals surface area contributed by atoms with Crippen LogP contribution in [-0.2, 0) is 9.59 Å². The second kappa shape index (κ2) is 6.89. The summed E-state index contributed by atoms with van der Waals surface area (Å²) in [6, 6.07) is 5.84. The van der Waals surface area contributed by atoms with Crippen molar-refractivity contribution < 1.29 is 9.59 Å². The van der Waals surface area contributed by atoms with Crippen LogP contribution in [0.1, 0.15) is 25.0 Å². The number of nitrogens with zero attached hydrogens (tertiary/aromatic N) is 1. The van der Waals surface area contributed by atoms with Crippen molar-refractivity contribution in [2.75, 3.05) is 18.9 Å². The molecule has 108 valence electrons. The maximum absolute atomic E-state index is 12.0. The Bertz CT molecular complexity index is 523. The van der Waals surface area contributed by atoms with Crippen molar-refractivity contribution in [3.8, 4) is 0 Å². The number of hydrogen-bond acceptors (Lipinski definition) is 2. The summed E-state index contributed by atoms with van der Waals surface area (Å²) in [4.78, 5) is 25.1. The molecule has 0 spiro atoms. The molecule has 4 nitrogen and oxygen atoms in total. The number of hydrogen-bond donors (Lipinski definition) is 1. The highest BCUT2D eigenvalue weighted by molar-refractivity contribution is 5.97. The second-order valence-electron chi connectivity index (χ2n) is 5.23. The zero-order valence-corrected chi connectivity index (χ0v) is 12.8. The Morgan fingerprint density at radius 3 is 2.25 bits per heavy atom. The van der Waals surface area contributed by atoms with Gasteiger partial charge in [-0.3, -0.25) is 9.59 Å². The molecule has 2 amide bonds. The fraction of sp³-hybridized carbons (Fsp3) is 0.375. The first-order chi connectivity index (χ1) is 9.31. The van der Waals surface area contributed by atoms with Crippen LogP contribution >= 0.6 is 0 Å². The smallest absolute Gasteiger partial charge is 0.246 e. The number of anilines is 1. The van der Waals surface area contributed by atoms with Gasteiger partial charge in [0, 0.05) is 18.8 Å². The van der Waals surface area contributed by atoms with Gasteiger partial charge in [0.05, 0.1) is 6.54 Å². The molecule has 20 heavy (non-hydrogen) atoms. The molecule has 0 bridgehead atoms. The molecule has 0 aliphatic rings. The van der Waals surface area contributed by atoms with E-state index in [1.807, 2.05) is 45.9 Å². The van der Waals surface area contributed by atoms with E-state index in [2.05, 4.69) is 5.32 Å². The van der Waals surface area contributed by atoms with Gasteiger partial charge < -0.3 is 10.2 Å². The van der Waals surface area contributed by atoms with Crippen LogP contribution < -0.4 is 5.32 Å². The van der Waals surface area contributed by atoms with E-state index < -0.39 is 0 Å². The van der Waals surface area contributed by atoms with Gasteiger partial charge in [-0.05, 0) is 38.8 Å². The van der Waals surface area contributed by atoms with E-state index in [1.54, 1.807) is 7.05 Å². The summed E-state index contributed by atoms with van der Waals surface area (Å²) >= 11 is 0. The Labute approximate surface area is 120 Å². The molecule has 0 aromatic heterocycles. The van der Waals surface area contributed by atoms with Gasteiger partial charge in [-0.25, -0.2) is 0 Å². The summed E-state index contributed by atoms with van der Waals surface area (Å²) < 4.78 is 0. The zero-order valence-electron chi connectivity index (χ0n) is 12.8. The molecule has 4 heteroatoms. The molecule has 0 fully saturated rings. The van der Waals surface area contributed by atoms with Gasteiger partial charge in [-0.1, -0.05) is 23.8 Å². The molecule has 0 aliphatic heterocycles. The van der Waals surface area contributed by atoms with E-state index in [-0.39, 0.29) is 18.4 Å². The fourth-order valence-corrected chi connectivity index (χ4v) is 1.84. The van der Waals surface area contributed by atoms with Gasteiger partial charge >= 0.3 is 0 Å². The van der Waals surface area contributed by atoms with Crippen LogP contribution in [0.5, 0.6) is 0 Å². The Hall–Kier alpha value is -2.10. The van der Waals surface area contributed by atoms with E-state index in [4.69, 9.17) is 0 Å². The second-order valence-corrected chi connectivity index (χ2v) is 5.23. The first-order valence-corrected chi connectivity index (χ1v) is 6.57. The Balaban J connectivity index is 2.69. The van der Waals surface area contributed by atoms with Crippen LogP contribution in [-0.4, -0.2) is 30.3 Å². The van der Waals surface area contributed by atoms with Crippen molar-refractivity contribution in [3.05, 3.63) is 41.0 Å². The van der Waals surface area contributed by atoms with Gasteiger partial charge in [0.2, 0.25) is 11.8 Å². The lowest BCUT2D eigenvalue weighted by Gasteiger charge is -2.17. The average molecular weight is 274 g/mol. The minimum atomic E-state index is -0.194. The highest BCUT2D eigenvalue weighted by Crippen LogP contribution is 2.19. The molecule has 0 unspecified atom stereocenters. The Morgan fingerprint density at radius 1 is 1.20 bits per heavy atom. The van der Waals surface area contributed by atoms with Crippen LogP contribution in [0.2, 0.25) is 0 Å². The van der Waals surface area contributed by atoms with E-state index >= 15 is 0 Å². The molecule has 0 aliphatic carbocycles. The van der Waals surface area contributed by atoms with E-state index in [9.17, 15) is 9.59 Å². The lowest BCUT2D eigenvalue weighted by molar-refractivity contribution is -0.129. The number of nitrogens with one attached hydrogen (secondary N) is 1. The van der Waals surface area contributed by atoms with Crippen molar-refractivity contribution in [1.82, 2.24) is 4.90 Å². The minimum absolute atomic E-state index is 0.0381. The minimum Gasteiger partial charge on any atom is -0.333 e. The number of amides is 2. The summed E-state index contributed by atoms with van der Waals surface area (Å²) in [5, 5.41) is 2.86. The van der Waals surface area contributed by atoms with E-state index in [0.29, 0.717) is 0 Å². The number of para-hydroxylation sites is 1. The number of aryl methyl sites for hydroxylation is 2. The maximum atomic E-state index is 12.0. The molecule has 1 aromatic rings. The van der Waals surface area contributed by atoms with Crippen molar-refractivity contribution in [2.45, 2.75) is 27.7 Å². The summed E-state index contributed by atoms with van der Waals surface area (Å²) in [6.45, 7) is 7.63. The van der Waals surface area contributed by atoms with E-state index in [1.165, 1.54) is 11.0 Å². The number of likely N-dealkylation sites (N-methyl/N-ethyl adjacent to an activating group) is 1. The van der Waals surface area contributed by atoms with Crippen LogP contribution in [0, 0.1) is 13.8 Å². The maximum Gasteiger partial charge on any atom is 0.246 e. The molecule has 1 N–H and O–H groups in total. The third-order valence-electron chi connectivity index (χ3n) is 2.91. The molecular weight excluding hydrogens is 252 g/mol. The lowest BCUT2D eigenvalue weighted by atomic mass is 10.1. The Kier molecular flexibility index (Phi) is 5.50. The van der Waals surface area contributed by atoms with Crippen molar-refractivity contribution in [1.29, 1.82) is 0 Å². The molecule has 0 heterocycles. The fourth-order valence-electron chi connectivity index (χ4n) is 1.84. The predicted molar refractivity (Wildman–Crippen MR) is 81.6 cm³/mol. The van der Waals surface area contributed by atoms with Crippen LogP contribution in [0.15, 0.2) is 29.8 Å². The molecule has 0 atom stereocenters. The SMILES string of the molecule is CC(C)=CC(=O)N(C)CC(=O)Nc1c(C)cccc1C. The number of rotatable bonds is 4. The molecule has 1 aromatic carbocycles. The highest BCUT2D eigenvalue weighted by Gasteiger charge is 2.12. The van der Waals surface area contributed by atoms with Gasteiger partial charge in [0.25, 0.3) is 0 Å². The van der Waals surface area contributed by atoms with Gasteiger partial charge in [0.1, 0.15) is 0 Å². The van der Waals surface area contributed by atoms with Gasteiger partial charge in [-0.15, -0.1) is 0 Å². The van der Waals surface area contributed by atoms with Crippen molar-refractivity contribution in [3.63, 3.8) is 0 Å². The Morgan fingerprint density at radius 2 is 1.75 bits per heavy atom. The third kappa shape index (κ3) is 4.53. The summed E-state index contributed by atoms with van der Waals surface area (Å²) in [5.41, 5.74) is 3.76. The largest absolute Gasteiger partial charge is 0.333 e. The summed E-state index contributed by atoms with van der Waals surface area (Å²) in [6.07, 6.45) is 1.52. The standard InChI is InChI=1S/C16H22N2O2/c1-11(2)9-15(20)18(5)10-14(19)17-16-12(3)7-6-8-13(16)4/h6-9H,10H2,1-5H3,(H,17,19). The predicted octanol–water partition coefficient (Wildman–Crippen LogP) is 2.67. The van der Waals surface area contributed by atoms with E-state index in [0.717, 1.165) is 22.4 Å². The number of carbonyl (C=O) groups is 2. The van der Waals surface area contributed by atoms with Crippen molar-refractivity contribution in [2.24, 2.45) is 0 Å². The number of carbonyl (C=O) groups excluding carboxylic acids is 2. The lowest BCUT2D eigenvalue weighted by Crippen LogP contribution is -2.34. The molecule has 0 saturated heterocycles. The molecule has 1 rings (SSSR count). The van der Waals surface area contributed by atoms with Gasteiger partial charge in [0.15, 0.2) is 0 Å². The molecule has 0 radical (unpaired) electrons. The van der Waals surface area contributed by atoms with Crippen molar-refractivity contribution >= 4 is 17.5 Å². The van der Waals surface area contributed by atoms with Gasteiger partial charge in [-0.2, -0.15) is 0 Å². The first-order valence-electron chi connectivity index (χ1n) is 6.57. The first kappa shape index (κ1) is 16.0. The number of benzene rings is 1. The summed E-state index contributed by atoms with van der Waals surface area (Å²) in [5.74, 6) is -0.359. The van der Waals surface area contributed by atoms with Crippen LogP contribution in [0.4, 0.5) is 5.69 Å². The highest BCUT2D eigenvalue weighted by atomic mass is 16.2. The molecule has 0 saturated carbocycles. The zero-order chi connectivity index (χ0) is 15.3. The normalized spacial score (nSPS) is 9.85.